The van der Waals surface area contributed by atoms with Crippen LogP contribution in [0.25, 0.3) is 11.1 Å². The van der Waals surface area contributed by atoms with Gasteiger partial charge in [0, 0.05) is 17.6 Å². The van der Waals surface area contributed by atoms with Gasteiger partial charge in [0.05, 0.1) is 11.4 Å². The van der Waals surface area contributed by atoms with E-state index in [2.05, 4.69) is 5.32 Å². The molecule has 11 heteroatoms. The number of nitrogens with zero attached hydrogens (tertiary/aromatic N) is 1. The lowest BCUT2D eigenvalue weighted by Gasteiger charge is -2.28. The summed E-state index contributed by atoms with van der Waals surface area (Å²) in [7, 11) is 1.40. The monoisotopic (exact) mass is 470 g/mol. The fourth-order valence-corrected chi connectivity index (χ4v) is 3.93. The van der Waals surface area contributed by atoms with Crippen LogP contribution in [0.1, 0.15) is 40.2 Å². The molecule has 1 heterocycles. The summed E-state index contributed by atoms with van der Waals surface area (Å²) in [6.07, 6.45) is -4.64. The number of carboxylic acid groups (broad SMARTS) is 1. The minimum absolute atomic E-state index is 0.0191. The van der Waals surface area contributed by atoms with Gasteiger partial charge in [0.2, 0.25) is 0 Å². The zero-order valence-corrected chi connectivity index (χ0v) is 17.6. The van der Waals surface area contributed by atoms with E-state index in [1.54, 1.807) is 0 Å². The van der Waals surface area contributed by atoms with Gasteiger partial charge in [-0.1, -0.05) is 30.7 Å². The molecule has 2 atom stereocenters. The zero-order valence-electron chi connectivity index (χ0n) is 16.9. The van der Waals surface area contributed by atoms with E-state index in [-0.39, 0.29) is 32.8 Å². The van der Waals surface area contributed by atoms with Gasteiger partial charge in [-0.25, -0.2) is 4.79 Å². The number of carbonyl (C=O) groups excluding carboxylic acids is 1. The molecule has 1 amide bonds. The Morgan fingerprint density at radius 3 is 2.50 bits per heavy atom. The molecule has 0 aliphatic rings. The van der Waals surface area contributed by atoms with Gasteiger partial charge in [-0.05, 0) is 41.3 Å². The number of alkyl halides is 3. The van der Waals surface area contributed by atoms with Crippen molar-refractivity contribution in [3.63, 3.8) is 0 Å². The van der Waals surface area contributed by atoms with Crippen LogP contribution in [0.2, 0.25) is 5.02 Å². The van der Waals surface area contributed by atoms with E-state index in [1.165, 1.54) is 50.4 Å². The number of nitrogens with one attached hydrogen (secondary N) is 1. The van der Waals surface area contributed by atoms with E-state index in [1.807, 2.05) is 0 Å². The fraction of sp³-hybridized carbons (Fsp3) is 0.286. The maximum absolute atomic E-state index is 14.1. The number of hydrogen-bond acceptors (Lipinski definition) is 4. The van der Waals surface area contributed by atoms with Crippen molar-refractivity contribution in [1.29, 1.82) is 0 Å². The first-order valence-electron chi connectivity index (χ1n) is 9.35. The van der Waals surface area contributed by atoms with Crippen LogP contribution in [0.4, 0.5) is 13.2 Å². The predicted molar refractivity (Wildman–Crippen MR) is 110 cm³/mol. The first-order valence-corrected chi connectivity index (χ1v) is 9.73. The molecular weight excluding hydrogens is 453 g/mol. The molecule has 7 nitrogen and oxygen atoms in total. The van der Waals surface area contributed by atoms with Gasteiger partial charge in [-0.2, -0.15) is 13.2 Å². The van der Waals surface area contributed by atoms with Crippen LogP contribution in [0.3, 0.4) is 0 Å². The third-order valence-corrected chi connectivity index (χ3v) is 5.51. The van der Waals surface area contributed by atoms with Crippen molar-refractivity contribution in [1.82, 2.24) is 9.88 Å². The minimum atomic E-state index is -4.64. The summed E-state index contributed by atoms with van der Waals surface area (Å²) in [5.41, 5.74) is 0.499. The molecule has 2 N–H and O–H groups in total. The second-order valence-electron chi connectivity index (χ2n) is 7.27. The Kier molecular flexibility index (Phi) is 6.36. The molecule has 2 unspecified atom stereocenters. The van der Waals surface area contributed by atoms with Crippen molar-refractivity contribution >= 4 is 34.6 Å². The van der Waals surface area contributed by atoms with Gasteiger partial charge >= 0.3 is 17.9 Å². The second-order valence-corrected chi connectivity index (χ2v) is 7.68. The Labute approximate surface area is 184 Å². The van der Waals surface area contributed by atoms with E-state index in [9.17, 15) is 27.6 Å². The Bertz CT molecular complexity index is 1250. The number of aromatic nitrogens is 1. The van der Waals surface area contributed by atoms with Crippen LogP contribution in [0.15, 0.2) is 45.6 Å². The molecular formula is C21H18ClF3N2O5. The van der Waals surface area contributed by atoms with Crippen LogP contribution in [-0.4, -0.2) is 34.3 Å². The Morgan fingerprint density at radius 1 is 1.22 bits per heavy atom. The number of carbonyl (C=O) groups is 2. The van der Waals surface area contributed by atoms with Gasteiger partial charge in [0.25, 0.3) is 5.91 Å². The van der Waals surface area contributed by atoms with E-state index < -0.39 is 42.2 Å². The highest BCUT2D eigenvalue weighted by atomic mass is 35.5. The topological polar surface area (TPSA) is 102 Å². The standard InChI is InChI=1S/C21H18ClF3N2O5/c1-10(13-5-3-12(7-14(13)22)19(30)26-9-17(28)29)18(21(23,24)25)11-4-6-16-15(8-11)27(2)20(31)32-16/h3-8,10,18H,9H2,1-2H3,(H,26,30)(H,28,29). The van der Waals surface area contributed by atoms with Crippen molar-refractivity contribution in [2.75, 3.05) is 6.54 Å². The predicted octanol–water partition coefficient (Wildman–Crippen LogP) is 4.05. The van der Waals surface area contributed by atoms with Crippen LogP contribution >= 0.6 is 11.6 Å². The molecule has 3 rings (SSSR count). The molecule has 0 bridgehead atoms. The highest BCUT2D eigenvalue weighted by molar-refractivity contribution is 6.31. The van der Waals surface area contributed by atoms with Crippen LogP contribution in [-0.2, 0) is 11.8 Å². The number of benzene rings is 2. The number of amides is 1. The summed E-state index contributed by atoms with van der Waals surface area (Å²) in [6.45, 7) is 0.756. The summed E-state index contributed by atoms with van der Waals surface area (Å²) in [5.74, 6) is -5.74. The minimum Gasteiger partial charge on any atom is -0.480 e. The van der Waals surface area contributed by atoms with Crippen LogP contribution in [0, 0.1) is 0 Å². The molecule has 1 aromatic heterocycles. The fourth-order valence-electron chi connectivity index (χ4n) is 3.57. The molecule has 32 heavy (non-hydrogen) atoms. The molecule has 2 aromatic carbocycles. The lowest BCUT2D eigenvalue weighted by Crippen LogP contribution is -2.29. The number of halogens is 4. The lowest BCUT2D eigenvalue weighted by atomic mass is 9.81. The molecule has 0 saturated carbocycles. The van der Waals surface area contributed by atoms with Crippen molar-refractivity contribution in [2.45, 2.75) is 24.9 Å². The Balaban J connectivity index is 1.99. The van der Waals surface area contributed by atoms with Gasteiger partial charge < -0.3 is 14.8 Å². The first kappa shape index (κ1) is 23.4. The number of carboxylic acids is 1. The summed E-state index contributed by atoms with van der Waals surface area (Å²) in [6, 6.07) is 7.62. The van der Waals surface area contributed by atoms with Crippen LogP contribution < -0.4 is 11.1 Å². The third-order valence-electron chi connectivity index (χ3n) is 5.18. The molecule has 0 radical (unpaired) electrons. The first-order chi connectivity index (χ1) is 14.9. The van der Waals surface area contributed by atoms with Crippen molar-refractivity contribution in [2.24, 2.45) is 7.05 Å². The van der Waals surface area contributed by atoms with Gasteiger partial charge in [0.1, 0.15) is 6.54 Å². The Morgan fingerprint density at radius 2 is 1.91 bits per heavy atom. The summed E-state index contributed by atoms with van der Waals surface area (Å²) >= 11 is 6.21. The van der Waals surface area contributed by atoms with Crippen molar-refractivity contribution in [3.8, 4) is 0 Å². The largest absolute Gasteiger partial charge is 0.480 e. The average Bonchev–Trinajstić information content (AvgIpc) is 2.98. The molecule has 3 aromatic rings. The van der Waals surface area contributed by atoms with Gasteiger partial charge in [0.15, 0.2) is 5.58 Å². The third kappa shape index (κ3) is 4.64. The van der Waals surface area contributed by atoms with Crippen molar-refractivity contribution in [3.05, 3.63) is 68.7 Å². The molecule has 0 fully saturated rings. The number of hydrogen-bond donors (Lipinski definition) is 2. The molecule has 0 saturated heterocycles. The molecule has 0 aliphatic heterocycles. The number of aryl methyl sites for hydroxylation is 1. The highest BCUT2D eigenvalue weighted by Gasteiger charge is 2.45. The summed E-state index contributed by atoms with van der Waals surface area (Å²) in [5, 5.41) is 10.7. The van der Waals surface area contributed by atoms with Crippen LogP contribution in [0.5, 0.6) is 0 Å². The smallest absolute Gasteiger partial charge is 0.419 e. The molecule has 0 spiro atoms. The number of fused-ring (bicyclic) bond motifs is 1. The number of aliphatic carboxylic acids is 1. The van der Waals surface area contributed by atoms with Gasteiger partial charge in [-0.3, -0.25) is 14.2 Å². The average molecular weight is 471 g/mol. The van der Waals surface area contributed by atoms with E-state index >= 15 is 0 Å². The zero-order chi connectivity index (χ0) is 23.8. The van der Waals surface area contributed by atoms with E-state index in [0.717, 1.165) is 4.57 Å². The SMILES string of the molecule is CC(c1ccc(C(=O)NCC(=O)O)cc1Cl)C(c1ccc2oc(=O)n(C)c2c1)C(F)(F)F. The maximum Gasteiger partial charge on any atom is 0.419 e. The van der Waals surface area contributed by atoms with E-state index in [4.69, 9.17) is 21.1 Å². The lowest BCUT2D eigenvalue weighted by molar-refractivity contribution is -0.154. The Hall–Kier alpha value is -3.27. The number of rotatable bonds is 6. The summed E-state index contributed by atoms with van der Waals surface area (Å²) in [4.78, 5) is 34.3. The second kappa shape index (κ2) is 8.70. The quantitative estimate of drug-likeness (QED) is 0.566. The normalized spacial score (nSPS) is 13.7. The summed E-state index contributed by atoms with van der Waals surface area (Å²) < 4.78 is 48.4. The number of oxazole rings is 1. The molecule has 170 valence electrons. The highest BCUT2D eigenvalue weighted by Crippen LogP contribution is 2.46. The van der Waals surface area contributed by atoms with Crippen molar-refractivity contribution < 1.29 is 32.3 Å². The molecule has 0 aliphatic carbocycles. The maximum atomic E-state index is 14.1. The van der Waals surface area contributed by atoms with Gasteiger partial charge in [-0.15, -0.1) is 0 Å². The van der Waals surface area contributed by atoms with E-state index in [0.29, 0.717) is 0 Å².